The Kier molecular flexibility index (Phi) is 4.88. The van der Waals surface area contributed by atoms with Gasteiger partial charge in [-0.25, -0.2) is 4.98 Å². The number of piperidine rings is 1. The van der Waals surface area contributed by atoms with Crippen LogP contribution in [0.25, 0.3) is 0 Å². The van der Waals surface area contributed by atoms with E-state index in [4.69, 9.17) is 0 Å². The summed E-state index contributed by atoms with van der Waals surface area (Å²) in [4.78, 5) is 8.34. The number of rotatable bonds is 4. The van der Waals surface area contributed by atoms with Crippen LogP contribution in [-0.4, -0.2) is 36.6 Å². The minimum absolute atomic E-state index is 0.169. The number of thiazole rings is 1. The lowest BCUT2D eigenvalue weighted by Crippen LogP contribution is -2.41. The standard InChI is InChI=1S/C16H29N3S/c1-15(2,3)14-18-11-13(20-14)10-17-12-16(4)6-8-19(5)9-7-16/h11,17H,6-10,12H2,1-5H3. The van der Waals surface area contributed by atoms with Crippen LogP contribution in [0.2, 0.25) is 0 Å². The fourth-order valence-corrected chi connectivity index (χ4v) is 3.50. The van der Waals surface area contributed by atoms with Gasteiger partial charge in [0.05, 0.1) is 5.01 Å². The molecule has 20 heavy (non-hydrogen) atoms. The Morgan fingerprint density at radius 1 is 1.35 bits per heavy atom. The van der Waals surface area contributed by atoms with Gasteiger partial charge < -0.3 is 10.2 Å². The van der Waals surface area contributed by atoms with Crippen LogP contribution in [-0.2, 0) is 12.0 Å². The number of aromatic nitrogens is 1. The second kappa shape index (κ2) is 6.12. The lowest BCUT2D eigenvalue weighted by Gasteiger charge is -2.38. The van der Waals surface area contributed by atoms with Crippen molar-refractivity contribution in [1.29, 1.82) is 0 Å². The van der Waals surface area contributed by atoms with E-state index >= 15 is 0 Å². The number of nitrogens with zero attached hydrogens (tertiary/aromatic N) is 2. The van der Waals surface area contributed by atoms with Crippen LogP contribution in [0, 0.1) is 5.41 Å². The first kappa shape index (κ1) is 15.9. The highest BCUT2D eigenvalue weighted by molar-refractivity contribution is 7.11. The smallest absolute Gasteiger partial charge is 0.0981 e. The fourth-order valence-electron chi connectivity index (χ4n) is 2.56. The molecule has 1 aromatic rings. The molecule has 2 rings (SSSR count). The maximum atomic E-state index is 4.55. The fraction of sp³-hybridized carbons (Fsp3) is 0.812. The number of hydrogen-bond donors (Lipinski definition) is 1. The topological polar surface area (TPSA) is 28.2 Å². The molecule has 114 valence electrons. The van der Waals surface area contributed by atoms with Crippen LogP contribution < -0.4 is 5.32 Å². The first-order chi connectivity index (χ1) is 9.28. The van der Waals surface area contributed by atoms with Gasteiger partial charge in [-0.15, -0.1) is 11.3 Å². The van der Waals surface area contributed by atoms with Crippen LogP contribution in [0.5, 0.6) is 0 Å². The molecule has 2 heterocycles. The molecule has 0 aromatic carbocycles. The van der Waals surface area contributed by atoms with Gasteiger partial charge in [0.15, 0.2) is 0 Å². The van der Waals surface area contributed by atoms with Gasteiger partial charge in [-0.2, -0.15) is 0 Å². The quantitative estimate of drug-likeness (QED) is 0.924. The van der Waals surface area contributed by atoms with Crippen molar-refractivity contribution in [2.75, 3.05) is 26.7 Å². The van der Waals surface area contributed by atoms with E-state index < -0.39 is 0 Å². The first-order valence-electron chi connectivity index (χ1n) is 7.63. The molecular formula is C16H29N3S. The summed E-state index contributed by atoms with van der Waals surface area (Å²) in [6.07, 6.45) is 4.63. The Morgan fingerprint density at radius 3 is 2.55 bits per heavy atom. The molecule has 0 radical (unpaired) electrons. The van der Waals surface area contributed by atoms with Crippen molar-refractivity contribution in [2.45, 2.75) is 52.5 Å². The van der Waals surface area contributed by atoms with Crippen molar-refractivity contribution in [2.24, 2.45) is 5.41 Å². The summed E-state index contributed by atoms with van der Waals surface area (Å²) in [6.45, 7) is 13.6. The van der Waals surface area contributed by atoms with Gasteiger partial charge in [0, 0.05) is 29.6 Å². The molecule has 0 unspecified atom stereocenters. The van der Waals surface area contributed by atoms with E-state index in [1.165, 1.54) is 35.8 Å². The third-order valence-corrected chi connectivity index (χ3v) is 5.66. The van der Waals surface area contributed by atoms with Gasteiger partial charge >= 0.3 is 0 Å². The Balaban J connectivity index is 1.80. The molecule has 1 aliphatic rings. The largest absolute Gasteiger partial charge is 0.311 e. The lowest BCUT2D eigenvalue weighted by atomic mass is 9.80. The summed E-state index contributed by atoms with van der Waals surface area (Å²) >= 11 is 1.84. The predicted octanol–water partition coefficient (Wildman–Crippen LogP) is 3.26. The van der Waals surface area contributed by atoms with E-state index in [9.17, 15) is 0 Å². The summed E-state index contributed by atoms with van der Waals surface area (Å²) in [5.41, 5.74) is 0.632. The summed E-state index contributed by atoms with van der Waals surface area (Å²) in [6, 6.07) is 0. The first-order valence-corrected chi connectivity index (χ1v) is 8.45. The minimum Gasteiger partial charge on any atom is -0.311 e. The second-order valence-corrected chi connectivity index (χ2v) is 8.71. The van der Waals surface area contributed by atoms with Crippen molar-refractivity contribution >= 4 is 11.3 Å². The van der Waals surface area contributed by atoms with Gasteiger partial charge in [0.2, 0.25) is 0 Å². The summed E-state index contributed by atoms with van der Waals surface area (Å²) < 4.78 is 0. The van der Waals surface area contributed by atoms with Crippen LogP contribution in [0.3, 0.4) is 0 Å². The SMILES string of the molecule is CN1CCC(C)(CNCc2cnc(C(C)(C)C)s2)CC1. The molecule has 1 saturated heterocycles. The zero-order valence-electron chi connectivity index (χ0n) is 13.6. The summed E-state index contributed by atoms with van der Waals surface area (Å²) in [5.74, 6) is 0. The van der Waals surface area contributed by atoms with Gasteiger partial charge in [-0.05, 0) is 38.4 Å². The van der Waals surface area contributed by atoms with Crippen LogP contribution in [0.1, 0.15) is 50.4 Å². The van der Waals surface area contributed by atoms with Crippen LogP contribution >= 0.6 is 11.3 Å². The third kappa shape index (κ3) is 4.27. The molecule has 1 fully saturated rings. The average Bonchev–Trinajstić information content (AvgIpc) is 2.82. The molecule has 0 aliphatic carbocycles. The highest BCUT2D eigenvalue weighted by Crippen LogP contribution is 2.30. The molecular weight excluding hydrogens is 266 g/mol. The maximum Gasteiger partial charge on any atom is 0.0981 e. The van der Waals surface area contributed by atoms with Crippen molar-refractivity contribution < 1.29 is 0 Å². The molecule has 0 spiro atoms. The van der Waals surface area contributed by atoms with E-state index in [0.29, 0.717) is 5.41 Å². The molecule has 1 aromatic heterocycles. The van der Waals surface area contributed by atoms with E-state index in [1.54, 1.807) is 0 Å². The van der Waals surface area contributed by atoms with E-state index in [-0.39, 0.29) is 5.41 Å². The van der Waals surface area contributed by atoms with Gasteiger partial charge in [0.25, 0.3) is 0 Å². The van der Waals surface area contributed by atoms with Gasteiger partial charge in [0.1, 0.15) is 0 Å². The third-order valence-electron chi connectivity index (χ3n) is 4.24. The lowest BCUT2D eigenvalue weighted by molar-refractivity contribution is 0.137. The Morgan fingerprint density at radius 2 is 2.00 bits per heavy atom. The summed E-state index contributed by atoms with van der Waals surface area (Å²) in [5, 5.41) is 4.88. The molecule has 0 atom stereocenters. The van der Waals surface area contributed by atoms with Crippen LogP contribution in [0.15, 0.2) is 6.20 Å². The number of hydrogen-bond acceptors (Lipinski definition) is 4. The highest BCUT2D eigenvalue weighted by Gasteiger charge is 2.28. The predicted molar refractivity (Wildman–Crippen MR) is 87.4 cm³/mol. The summed E-state index contributed by atoms with van der Waals surface area (Å²) in [7, 11) is 2.22. The van der Waals surface area contributed by atoms with Crippen molar-refractivity contribution in [1.82, 2.24) is 15.2 Å². The Labute approximate surface area is 127 Å². The molecule has 4 heteroatoms. The Bertz CT molecular complexity index is 425. The highest BCUT2D eigenvalue weighted by atomic mass is 32.1. The molecule has 0 bridgehead atoms. The molecule has 0 amide bonds. The van der Waals surface area contributed by atoms with Crippen molar-refractivity contribution in [3.8, 4) is 0 Å². The van der Waals surface area contributed by atoms with E-state index in [0.717, 1.165) is 13.1 Å². The van der Waals surface area contributed by atoms with Gasteiger partial charge in [-0.3, -0.25) is 0 Å². The maximum absolute atomic E-state index is 4.55. The van der Waals surface area contributed by atoms with E-state index in [1.807, 2.05) is 17.5 Å². The minimum atomic E-state index is 0.169. The average molecular weight is 295 g/mol. The Hall–Kier alpha value is -0.450. The van der Waals surface area contributed by atoms with Crippen molar-refractivity contribution in [3.63, 3.8) is 0 Å². The molecule has 1 aliphatic heterocycles. The second-order valence-electron chi connectivity index (χ2n) is 7.60. The molecule has 0 saturated carbocycles. The normalized spacial score (nSPS) is 20.2. The van der Waals surface area contributed by atoms with Crippen molar-refractivity contribution in [3.05, 3.63) is 16.1 Å². The van der Waals surface area contributed by atoms with Crippen LogP contribution in [0.4, 0.5) is 0 Å². The zero-order chi connectivity index (χ0) is 14.8. The van der Waals surface area contributed by atoms with Gasteiger partial charge in [-0.1, -0.05) is 27.7 Å². The number of nitrogens with one attached hydrogen (secondary N) is 1. The zero-order valence-corrected chi connectivity index (χ0v) is 14.4. The number of likely N-dealkylation sites (tertiary alicyclic amines) is 1. The molecule has 3 nitrogen and oxygen atoms in total. The molecule has 1 N–H and O–H groups in total. The monoisotopic (exact) mass is 295 g/mol. The van der Waals surface area contributed by atoms with E-state index in [2.05, 4.69) is 49.9 Å².